The lowest BCUT2D eigenvalue weighted by molar-refractivity contribution is -0.891. The molecule has 0 unspecified atom stereocenters. The van der Waals surface area contributed by atoms with E-state index in [0.717, 1.165) is 25.1 Å². The van der Waals surface area contributed by atoms with Crippen LogP contribution in [0.5, 0.6) is 5.75 Å². The highest BCUT2D eigenvalue weighted by molar-refractivity contribution is 5.39. The molecule has 1 N–H and O–H groups in total. The summed E-state index contributed by atoms with van der Waals surface area (Å²) in [5, 5.41) is 0. The number of rotatable bonds is 1. The minimum Gasteiger partial charge on any atom is -0.487 e. The van der Waals surface area contributed by atoms with Gasteiger partial charge < -0.3 is 14.4 Å². The number of hydrogen-bond acceptors (Lipinski definition) is 2. The minimum absolute atomic E-state index is 0.0727. The van der Waals surface area contributed by atoms with E-state index in [1.165, 1.54) is 44.3 Å². The average Bonchev–Trinajstić information content (AvgIpc) is 2.90. The molecule has 2 saturated heterocycles. The highest BCUT2D eigenvalue weighted by atomic mass is 16.5. The summed E-state index contributed by atoms with van der Waals surface area (Å²) in [6.07, 6.45) is 7.61. The van der Waals surface area contributed by atoms with Gasteiger partial charge in [0.15, 0.2) is 0 Å². The Labute approximate surface area is 164 Å². The fourth-order valence-corrected chi connectivity index (χ4v) is 5.02. The predicted octanol–water partition coefficient (Wildman–Crippen LogP) is 3.55. The SMILES string of the molecule is CC1(C)Oc2ccccc2[C@@H]2O[C@@](C)(C#CC[NH+]3CCCCCC3)CC[C@@H]21. The Kier molecular flexibility index (Phi) is 5.23. The van der Waals surface area contributed by atoms with Crippen molar-refractivity contribution in [3.63, 3.8) is 0 Å². The first-order valence-corrected chi connectivity index (χ1v) is 10.8. The quantitative estimate of drug-likeness (QED) is 0.766. The maximum Gasteiger partial charge on any atom is 0.139 e. The van der Waals surface area contributed by atoms with Crippen molar-refractivity contribution < 1.29 is 14.4 Å². The van der Waals surface area contributed by atoms with Crippen LogP contribution in [-0.2, 0) is 4.74 Å². The second-order valence-electron chi connectivity index (χ2n) is 9.30. The fraction of sp³-hybridized carbons (Fsp3) is 0.667. The first-order valence-electron chi connectivity index (χ1n) is 10.8. The molecule has 3 nitrogen and oxygen atoms in total. The second kappa shape index (κ2) is 7.49. The molecule has 0 aromatic heterocycles. The molecule has 0 amide bonds. The molecule has 146 valence electrons. The van der Waals surface area contributed by atoms with Crippen LogP contribution >= 0.6 is 0 Å². The van der Waals surface area contributed by atoms with Crippen LogP contribution in [0.25, 0.3) is 0 Å². The zero-order chi connectivity index (χ0) is 18.9. The van der Waals surface area contributed by atoms with E-state index in [1.54, 1.807) is 4.90 Å². The summed E-state index contributed by atoms with van der Waals surface area (Å²) in [5.41, 5.74) is 0.629. The van der Waals surface area contributed by atoms with Crippen molar-refractivity contribution in [2.45, 2.75) is 76.6 Å². The van der Waals surface area contributed by atoms with Gasteiger partial charge in [0.05, 0.1) is 19.2 Å². The number of benzene rings is 1. The lowest BCUT2D eigenvalue weighted by Gasteiger charge is -2.50. The Morgan fingerprint density at radius 1 is 1.07 bits per heavy atom. The summed E-state index contributed by atoms with van der Waals surface area (Å²) in [5.74, 6) is 8.35. The number of quaternary nitrogens is 1. The van der Waals surface area contributed by atoms with Crippen molar-refractivity contribution in [2.75, 3.05) is 19.6 Å². The number of nitrogens with one attached hydrogen (secondary N) is 1. The van der Waals surface area contributed by atoms with Crippen LogP contribution in [0.2, 0.25) is 0 Å². The summed E-state index contributed by atoms with van der Waals surface area (Å²) in [4.78, 5) is 1.65. The summed E-state index contributed by atoms with van der Waals surface area (Å²) in [6.45, 7) is 10.1. The second-order valence-corrected chi connectivity index (χ2v) is 9.30. The minimum atomic E-state index is -0.354. The zero-order valence-corrected chi connectivity index (χ0v) is 17.1. The van der Waals surface area contributed by atoms with Crippen molar-refractivity contribution in [1.29, 1.82) is 0 Å². The van der Waals surface area contributed by atoms with E-state index >= 15 is 0 Å². The van der Waals surface area contributed by atoms with Crippen LogP contribution in [-0.4, -0.2) is 30.8 Å². The molecule has 3 aliphatic rings. The number of fused-ring (bicyclic) bond motifs is 3. The first kappa shape index (κ1) is 18.8. The summed E-state index contributed by atoms with van der Waals surface area (Å²) < 4.78 is 13.0. The van der Waals surface area contributed by atoms with E-state index in [-0.39, 0.29) is 17.3 Å². The average molecular weight is 369 g/mol. The van der Waals surface area contributed by atoms with Gasteiger partial charge in [-0.3, -0.25) is 0 Å². The van der Waals surface area contributed by atoms with E-state index < -0.39 is 0 Å². The van der Waals surface area contributed by atoms with E-state index in [4.69, 9.17) is 9.47 Å². The monoisotopic (exact) mass is 368 g/mol. The van der Waals surface area contributed by atoms with Crippen molar-refractivity contribution in [1.82, 2.24) is 0 Å². The molecule has 2 fully saturated rings. The molecule has 3 heteroatoms. The topological polar surface area (TPSA) is 22.9 Å². The molecule has 0 spiro atoms. The van der Waals surface area contributed by atoms with Gasteiger partial charge in [-0.25, -0.2) is 0 Å². The highest BCUT2D eigenvalue weighted by Crippen LogP contribution is 2.52. The molecular weight excluding hydrogens is 334 g/mol. The maximum atomic E-state index is 6.69. The fourth-order valence-electron chi connectivity index (χ4n) is 5.02. The Hall–Kier alpha value is -1.50. The van der Waals surface area contributed by atoms with Crippen LogP contribution in [0.1, 0.15) is 71.0 Å². The number of para-hydroxylation sites is 1. The molecule has 3 heterocycles. The molecular formula is C24H34NO2+. The maximum absolute atomic E-state index is 6.69. The molecule has 0 aliphatic carbocycles. The zero-order valence-electron chi connectivity index (χ0n) is 17.1. The van der Waals surface area contributed by atoms with Crippen LogP contribution < -0.4 is 9.64 Å². The van der Waals surface area contributed by atoms with Crippen LogP contribution in [0, 0.1) is 17.8 Å². The lowest BCUT2D eigenvalue weighted by atomic mass is 9.73. The van der Waals surface area contributed by atoms with E-state index in [0.29, 0.717) is 5.92 Å². The first-order chi connectivity index (χ1) is 13.0. The van der Waals surface area contributed by atoms with E-state index in [1.807, 2.05) is 6.07 Å². The van der Waals surface area contributed by atoms with Gasteiger partial charge >= 0.3 is 0 Å². The Balaban J connectivity index is 1.50. The van der Waals surface area contributed by atoms with E-state index in [2.05, 4.69) is 50.8 Å². The summed E-state index contributed by atoms with van der Waals surface area (Å²) in [6, 6.07) is 8.35. The van der Waals surface area contributed by atoms with Gasteiger partial charge in [-0.2, -0.15) is 0 Å². The third kappa shape index (κ3) is 4.03. The highest BCUT2D eigenvalue weighted by Gasteiger charge is 2.49. The van der Waals surface area contributed by atoms with Gasteiger partial charge in [0.25, 0.3) is 0 Å². The van der Waals surface area contributed by atoms with Gasteiger partial charge in [0.2, 0.25) is 0 Å². The lowest BCUT2D eigenvalue weighted by Crippen LogP contribution is -3.11. The Morgan fingerprint density at radius 2 is 1.81 bits per heavy atom. The number of ether oxygens (including phenoxy) is 2. The van der Waals surface area contributed by atoms with Gasteiger partial charge in [-0.1, -0.05) is 24.1 Å². The summed E-state index contributed by atoms with van der Waals surface area (Å²) in [7, 11) is 0. The number of hydrogen-bond donors (Lipinski definition) is 1. The molecule has 4 rings (SSSR count). The summed E-state index contributed by atoms with van der Waals surface area (Å²) >= 11 is 0. The molecule has 1 aromatic carbocycles. The van der Waals surface area contributed by atoms with Crippen LogP contribution in [0.4, 0.5) is 0 Å². The Bertz CT molecular complexity index is 723. The molecule has 0 radical (unpaired) electrons. The molecule has 3 atom stereocenters. The standard InChI is InChI=1S/C24H33NO2/c1-23(2)20-13-15-24(3,14-10-18-25-16-8-4-5-9-17-25)27-22(20)19-11-6-7-12-21(19)26-23/h6-7,11-12,20,22H,4-5,8-9,13,15-18H2,1-3H3/p+1/t20-,22-,24-/m0/s1. The van der Waals surface area contributed by atoms with Crippen LogP contribution in [0.3, 0.4) is 0 Å². The molecule has 27 heavy (non-hydrogen) atoms. The van der Waals surface area contributed by atoms with Crippen molar-refractivity contribution in [3.8, 4) is 17.6 Å². The predicted molar refractivity (Wildman–Crippen MR) is 108 cm³/mol. The largest absolute Gasteiger partial charge is 0.487 e. The van der Waals surface area contributed by atoms with Gasteiger partial charge in [0, 0.05) is 11.5 Å². The molecule has 0 saturated carbocycles. The van der Waals surface area contributed by atoms with Gasteiger partial charge in [-0.15, -0.1) is 0 Å². The third-order valence-corrected chi connectivity index (χ3v) is 6.68. The smallest absolute Gasteiger partial charge is 0.139 e. The molecule has 1 aromatic rings. The van der Waals surface area contributed by atoms with Gasteiger partial charge in [-0.05, 0) is 71.3 Å². The molecule has 3 aliphatic heterocycles. The Morgan fingerprint density at radius 3 is 2.59 bits per heavy atom. The third-order valence-electron chi connectivity index (χ3n) is 6.68. The van der Waals surface area contributed by atoms with Crippen molar-refractivity contribution in [3.05, 3.63) is 29.8 Å². The van der Waals surface area contributed by atoms with Gasteiger partial charge in [0.1, 0.15) is 23.5 Å². The normalized spacial score (nSPS) is 32.9. The van der Waals surface area contributed by atoms with Crippen LogP contribution in [0.15, 0.2) is 24.3 Å². The van der Waals surface area contributed by atoms with E-state index in [9.17, 15) is 0 Å². The number of likely N-dealkylation sites (tertiary alicyclic amines) is 1. The molecule has 0 bridgehead atoms. The van der Waals surface area contributed by atoms with Crippen molar-refractivity contribution >= 4 is 0 Å². The van der Waals surface area contributed by atoms with Crippen molar-refractivity contribution in [2.24, 2.45) is 5.92 Å².